The lowest BCUT2D eigenvalue weighted by Crippen LogP contribution is -2.41. The van der Waals surface area contributed by atoms with Gasteiger partial charge >= 0.3 is 0 Å². The van der Waals surface area contributed by atoms with Gasteiger partial charge in [-0.15, -0.1) is 0 Å². The molecule has 0 aliphatic carbocycles. The van der Waals surface area contributed by atoms with Crippen molar-refractivity contribution in [1.29, 1.82) is 0 Å². The first-order valence-electron chi connectivity index (χ1n) is 6.24. The number of hydrogen-bond acceptors (Lipinski definition) is 3. The van der Waals surface area contributed by atoms with Crippen molar-refractivity contribution >= 4 is 5.91 Å². The fraction of sp³-hybridized carbons (Fsp3) is 0.500. The molecule has 1 aromatic carbocycles. The summed E-state index contributed by atoms with van der Waals surface area (Å²) in [5.74, 6) is 0.406. The van der Waals surface area contributed by atoms with Crippen molar-refractivity contribution in [3.63, 3.8) is 0 Å². The molecule has 4 heteroatoms. The molecule has 0 fully saturated rings. The molecular weight excluding hydrogens is 230 g/mol. The van der Waals surface area contributed by atoms with Crippen molar-refractivity contribution < 1.29 is 14.6 Å². The maximum atomic E-state index is 11.8. The minimum Gasteiger partial charge on any atom is -0.481 e. The number of carbonyl (C=O) groups is 1. The molecule has 1 amide bonds. The smallest absolute Gasteiger partial charge is 0.260 e. The fourth-order valence-corrected chi connectivity index (χ4v) is 1.46. The molecule has 2 N–H and O–H groups in total. The number of aliphatic hydroxyl groups excluding tert-OH is 1. The summed E-state index contributed by atoms with van der Waals surface area (Å²) in [6.07, 6.45) is 0.304. The predicted molar refractivity (Wildman–Crippen MR) is 70.4 cm³/mol. The molecule has 0 aliphatic heterocycles. The fourth-order valence-electron chi connectivity index (χ4n) is 1.46. The van der Waals surface area contributed by atoms with E-state index in [1.807, 2.05) is 26.0 Å². The Labute approximate surface area is 108 Å². The molecule has 0 spiro atoms. The van der Waals surface area contributed by atoms with E-state index in [1.165, 1.54) is 0 Å². The van der Waals surface area contributed by atoms with E-state index in [2.05, 4.69) is 5.32 Å². The minimum absolute atomic E-state index is 0.101. The highest BCUT2D eigenvalue weighted by Crippen LogP contribution is 2.19. The van der Waals surface area contributed by atoms with E-state index in [0.717, 1.165) is 6.42 Å². The summed E-state index contributed by atoms with van der Waals surface area (Å²) in [4.78, 5) is 11.8. The normalized spacial score (nSPS) is 13.8. The van der Waals surface area contributed by atoms with Gasteiger partial charge in [0.1, 0.15) is 5.75 Å². The highest BCUT2D eigenvalue weighted by atomic mass is 16.5. The lowest BCUT2D eigenvalue weighted by Gasteiger charge is -2.19. The molecular formula is C14H21NO3. The largest absolute Gasteiger partial charge is 0.481 e. The molecule has 18 heavy (non-hydrogen) atoms. The van der Waals surface area contributed by atoms with Gasteiger partial charge in [-0.3, -0.25) is 4.79 Å². The van der Waals surface area contributed by atoms with Gasteiger partial charge in [0.15, 0.2) is 6.10 Å². The van der Waals surface area contributed by atoms with Gasteiger partial charge in [0, 0.05) is 11.6 Å². The van der Waals surface area contributed by atoms with Crippen molar-refractivity contribution in [2.75, 3.05) is 0 Å². The van der Waals surface area contributed by atoms with E-state index in [1.54, 1.807) is 19.1 Å². The van der Waals surface area contributed by atoms with Gasteiger partial charge in [0.25, 0.3) is 5.91 Å². The summed E-state index contributed by atoms with van der Waals surface area (Å²) in [6.45, 7) is 5.56. The standard InChI is InChI=1S/C14H21NO3/c1-4-10(2)15-14(17)11(3)18-13-8-6-5-7-12(13)9-16/h5-8,10-11,16H,4,9H2,1-3H3,(H,15,17). The van der Waals surface area contributed by atoms with E-state index in [4.69, 9.17) is 4.74 Å². The highest BCUT2D eigenvalue weighted by Gasteiger charge is 2.17. The first-order chi connectivity index (χ1) is 8.58. The minimum atomic E-state index is -0.577. The van der Waals surface area contributed by atoms with Crippen LogP contribution in [0.3, 0.4) is 0 Å². The Morgan fingerprint density at radius 2 is 2.06 bits per heavy atom. The van der Waals surface area contributed by atoms with Crippen LogP contribution in [0.2, 0.25) is 0 Å². The summed E-state index contributed by atoms with van der Waals surface area (Å²) >= 11 is 0. The Balaban J connectivity index is 2.63. The molecule has 0 aromatic heterocycles. The number of hydrogen-bond donors (Lipinski definition) is 2. The molecule has 1 aromatic rings. The molecule has 2 unspecified atom stereocenters. The zero-order valence-electron chi connectivity index (χ0n) is 11.1. The lowest BCUT2D eigenvalue weighted by atomic mass is 10.2. The molecule has 2 atom stereocenters. The van der Waals surface area contributed by atoms with Crippen molar-refractivity contribution in [3.8, 4) is 5.75 Å². The predicted octanol–water partition coefficient (Wildman–Crippen LogP) is 1.86. The maximum absolute atomic E-state index is 11.8. The van der Waals surface area contributed by atoms with Crippen LogP contribution >= 0.6 is 0 Å². The first-order valence-corrected chi connectivity index (χ1v) is 6.24. The Hall–Kier alpha value is -1.55. The number of para-hydroxylation sites is 1. The van der Waals surface area contributed by atoms with Gasteiger partial charge in [-0.1, -0.05) is 25.1 Å². The van der Waals surface area contributed by atoms with Crippen LogP contribution in [0.5, 0.6) is 5.75 Å². The summed E-state index contributed by atoms with van der Waals surface area (Å²) in [5, 5.41) is 12.0. The molecule has 0 heterocycles. The van der Waals surface area contributed by atoms with Gasteiger partial charge in [0.2, 0.25) is 0 Å². The Morgan fingerprint density at radius 3 is 2.67 bits per heavy atom. The molecule has 0 radical (unpaired) electrons. The molecule has 0 aliphatic rings. The molecule has 100 valence electrons. The van der Waals surface area contributed by atoms with Crippen molar-refractivity contribution in [1.82, 2.24) is 5.32 Å². The number of rotatable bonds is 6. The average Bonchev–Trinajstić information content (AvgIpc) is 2.39. The van der Waals surface area contributed by atoms with Crippen LogP contribution in [0.25, 0.3) is 0 Å². The van der Waals surface area contributed by atoms with Crippen molar-refractivity contribution in [2.45, 2.75) is 45.9 Å². The summed E-state index contributed by atoms with van der Waals surface area (Å²) < 4.78 is 5.57. The van der Waals surface area contributed by atoms with E-state index in [0.29, 0.717) is 11.3 Å². The number of benzene rings is 1. The Morgan fingerprint density at radius 1 is 1.39 bits per heavy atom. The second-order valence-corrected chi connectivity index (χ2v) is 4.34. The van der Waals surface area contributed by atoms with Crippen LogP contribution in [0.4, 0.5) is 0 Å². The van der Waals surface area contributed by atoms with E-state index in [9.17, 15) is 9.90 Å². The van der Waals surface area contributed by atoms with Gasteiger partial charge in [-0.2, -0.15) is 0 Å². The number of carbonyl (C=O) groups excluding carboxylic acids is 1. The van der Waals surface area contributed by atoms with Gasteiger partial charge < -0.3 is 15.2 Å². The van der Waals surface area contributed by atoms with E-state index < -0.39 is 6.10 Å². The second-order valence-electron chi connectivity index (χ2n) is 4.34. The van der Waals surface area contributed by atoms with Crippen molar-refractivity contribution in [3.05, 3.63) is 29.8 Å². The Bertz CT molecular complexity index is 392. The lowest BCUT2D eigenvalue weighted by molar-refractivity contribution is -0.127. The van der Waals surface area contributed by atoms with Crippen LogP contribution in [-0.2, 0) is 11.4 Å². The first kappa shape index (κ1) is 14.5. The topological polar surface area (TPSA) is 58.6 Å². The molecule has 4 nitrogen and oxygen atoms in total. The molecule has 0 bridgehead atoms. The third-order valence-corrected chi connectivity index (χ3v) is 2.82. The third kappa shape index (κ3) is 4.04. The summed E-state index contributed by atoms with van der Waals surface area (Å²) in [6, 6.07) is 7.29. The van der Waals surface area contributed by atoms with E-state index >= 15 is 0 Å². The zero-order chi connectivity index (χ0) is 13.5. The number of nitrogens with one attached hydrogen (secondary N) is 1. The molecule has 1 rings (SSSR count). The zero-order valence-corrected chi connectivity index (χ0v) is 11.1. The van der Waals surface area contributed by atoms with Crippen LogP contribution in [0.1, 0.15) is 32.8 Å². The quantitative estimate of drug-likeness (QED) is 0.811. The highest BCUT2D eigenvalue weighted by molar-refractivity contribution is 5.81. The SMILES string of the molecule is CCC(C)NC(=O)C(C)Oc1ccccc1CO. The molecule has 0 saturated heterocycles. The van der Waals surface area contributed by atoms with Crippen LogP contribution in [0.15, 0.2) is 24.3 Å². The van der Waals surface area contributed by atoms with Crippen LogP contribution in [-0.4, -0.2) is 23.2 Å². The number of amides is 1. The van der Waals surface area contributed by atoms with Gasteiger partial charge in [-0.25, -0.2) is 0 Å². The molecule has 0 saturated carbocycles. The monoisotopic (exact) mass is 251 g/mol. The number of aliphatic hydroxyl groups is 1. The van der Waals surface area contributed by atoms with Gasteiger partial charge in [-0.05, 0) is 26.3 Å². The Kier molecular flexibility index (Phi) is 5.65. The second kappa shape index (κ2) is 7.01. The van der Waals surface area contributed by atoms with Crippen LogP contribution < -0.4 is 10.1 Å². The summed E-state index contributed by atoms with van der Waals surface area (Å²) in [7, 11) is 0. The summed E-state index contributed by atoms with van der Waals surface area (Å²) in [5.41, 5.74) is 0.681. The van der Waals surface area contributed by atoms with E-state index in [-0.39, 0.29) is 18.6 Å². The third-order valence-electron chi connectivity index (χ3n) is 2.82. The maximum Gasteiger partial charge on any atom is 0.260 e. The van der Waals surface area contributed by atoms with Gasteiger partial charge in [0.05, 0.1) is 6.61 Å². The average molecular weight is 251 g/mol. The number of ether oxygens (including phenoxy) is 1. The van der Waals surface area contributed by atoms with Crippen LogP contribution in [0, 0.1) is 0 Å². The van der Waals surface area contributed by atoms with Crippen molar-refractivity contribution in [2.24, 2.45) is 0 Å².